The highest BCUT2D eigenvalue weighted by Crippen LogP contribution is 2.24. The number of ether oxygens (including phenoxy) is 1. The molecule has 0 saturated carbocycles. The predicted molar refractivity (Wildman–Crippen MR) is 125 cm³/mol. The van der Waals surface area contributed by atoms with Crippen LogP contribution in [0.3, 0.4) is 0 Å². The summed E-state index contributed by atoms with van der Waals surface area (Å²) in [4.78, 5) is 20.8. The molecule has 6 nitrogen and oxygen atoms in total. The molecule has 1 aliphatic heterocycles. The Hall–Kier alpha value is -2.70. The molecule has 2 heterocycles. The quantitative estimate of drug-likeness (QED) is 0.694. The minimum Gasteiger partial charge on any atom is -0.492 e. The zero-order chi connectivity index (χ0) is 21.5. The molecule has 162 valence electrons. The molecule has 0 aliphatic carbocycles. The monoisotopic (exact) mass is 410 g/mol. The van der Waals surface area contributed by atoms with Crippen LogP contribution < -0.4 is 15.6 Å². The number of hydrogen-bond donors (Lipinski definition) is 1. The van der Waals surface area contributed by atoms with E-state index in [9.17, 15) is 4.79 Å². The average Bonchev–Trinajstić information content (AvgIpc) is 2.78. The normalized spacial score (nSPS) is 14.3. The van der Waals surface area contributed by atoms with E-state index in [2.05, 4.69) is 10.2 Å². The van der Waals surface area contributed by atoms with Crippen molar-refractivity contribution in [3.63, 3.8) is 0 Å². The molecule has 1 aromatic heterocycles. The first-order valence-electron chi connectivity index (χ1n) is 10.8. The number of para-hydroxylation sites is 2. The first-order chi connectivity index (χ1) is 14.7. The Labute approximate surface area is 180 Å². The van der Waals surface area contributed by atoms with Gasteiger partial charge in [-0.2, -0.15) is 0 Å². The molecule has 30 heavy (non-hydrogen) atoms. The van der Waals surface area contributed by atoms with Gasteiger partial charge < -0.3 is 10.1 Å². The molecule has 0 bridgehead atoms. The lowest BCUT2D eigenvalue weighted by Gasteiger charge is -2.28. The number of nitrogens with one attached hydrogen (secondary N) is 1. The van der Waals surface area contributed by atoms with Crippen LogP contribution in [0.2, 0.25) is 0 Å². The predicted octanol–water partition coefficient (Wildman–Crippen LogP) is 3.77. The Kier molecular flexibility index (Phi) is 7.60. The largest absolute Gasteiger partial charge is 0.492 e. The van der Waals surface area contributed by atoms with Crippen LogP contribution in [0.25, 0.3) is 16.6 Å². The highest BCUT2D eigenvalue weighted by molar-refractivity contribution is 5.79. The third-order valence-corrected chi connectivity index (χ3v) is 5.07. The maximum atomic E-state index is 13.5. The second-order valence-electron chi connectivity index (χ2n) is 7.12. The molecule has 1 N–H and O–H groups in total. The second kappa shape index (κ2) is 10.4. The first kappa shape index (κ1) is 22.0. The van der Waals surface area contributed by atoms with Gasteiger partial charge in [0.05, 0.1) is 29.7 Å². The molecule has 0 radical (unpaired) electrons. The van der Waals surface area contributed by atoms with Crippen molar-refractivity contribution >= 4 is 10.9 Å². The van der Waals surface area contributed by atoms with Gasteiger partial charge in [0, 0.05) is 27.6 Å². The van der Waals surface area contributed by atoms with Crippen molar-refractivity contribution in [1.29, 1.82) is 0 Å². The van der Waals surface area contributed by atoms with Gasteiger partial charge in [-0.25, -0.2) is 4.98 Å². The number of aromatic nitrogens is 2. The summed E-state index contributed by atoms with van der Waals surface area (Å²) in [7, 11) is 0. The Morgan fingerprint density at radius 3 is 2.60 bits per heavy atom. The van der Waals surface area contributed by atoms with E-state index in [1.165, 1.54) is 0 Å². The van der Waals surface area contributed by atoms with E-state index in [-0.39, 0.29) is 6.99 Å². The van der Waals surface area contributed by atoms with Gasteiger partial charge in [0.25, 0.3) is 5.56 Å². The standard InChI is InChI=1S/C22H26N4O2.C2H6.H2/c1-3-28-20-7-5-4-6-19(20)26-21(15-25-12-10-23-11-13-25)24-18-9-8-16(2)14-17(18)22(26)27;1-2;/h4-9,14,23H,3,10-13,15H2,1-2H3;1-2H3;1H. The van der Waals surface area contributed by atoms with Crippen LogP contribution in [0.5, 0.6) is 5.75 Å². The van der Waals surface area contributed by atoms with Crippen molar-refractivity contribution in [2.75, 3.05) is 32.8 Å². The van der Waals surface area contributed by atoms with Gasteiger partial charge >= 0.3 is 0 Å². The molecule has 2 aromatic carbocycles. The van der Waals surface area contributed by atoms with E-state index in [1.54, 1.807) is 4.57 Å². The molecule has 0 spiro atoms. The number of rotatable bonds is 5. The lowest BCUT2D eigenvalue weighted by atomic mass is 10.1. The molecule has 3 aromatic rings. The van der Waals surface area contributed by atoms with Crippen LogP contribution in [0.1, 0.15) is 33.6 Å². The zero-order valence-corrected chi connectivity index (χ0v) is 18.4. The summed E-state index contributed by atoms with van der Waals surface area (Å²) in [6, 6.07) is 13.5. The molecule has 0 atom stereocenters. The van der Waals surface area contributed by atoms with Gasteiger partial charge in [-0.15, -0.1) is 0 Å². The summed E-state index contributed by atoms with van der Waals surface area (Å²) in [5.74, 6) is 1.44. The molecular weight excluding hydrogens is 376 g/mol. The van der Waals surface area contributed by atoms with Crippen molar-refractivity contribution < 1.29 is 6.16 Å². The van der Waals surface area contributed by atoms with Crippen LogP contribution in [0.15, 0.2) is 47.3 Å². The third-order valence-electron chi connectivity index (χ3n) is 5.07. The molecule has 4 rings (SSSR count). The van der Waals surface area contributed by atoms with E-state index in [4.69, 9.17) is 9.72 Å². The Morgan fingerprint density at radius 1 is 1.13 bits per heavy atom. The molecule has 6 heteroatoms. The molecular formula is C24H34N4O2. The fourth-order valence-electron chi connectivity index (χ4n) is 3.69. The third kappa shape index (κ3) is 4.71. The fourth-order valence-corrected chi connectivity index (χ4v) is 3.69. The molecule has 1 aliphatic rings. The highest BCUT2D eigenvalue weighted by Gasteiger charge is 2.19. The number of aryl methyl sites for hydroxylation is 1. The topological polar surface area (TPSA) is 59.4 Å². The van der Waals surface area contributed by atoms with Crippen molar-refractivity contribution in [2.24, 2.45) is 0 Å². The fraction of sp³-hybridized carbons (Fsp3) is 0.417. The van der Waals surface area contributed by atoms with E-state index in [0.29, 0.717) is 24.3 Å². The summed E-state index contributed by atoms with van der Waals surface area (Å²) in [6.07, 6.45) is 0. The van der Waals surface area contributed by atoms with Crippen molar-refractivity contribution in [1.82, 2.24) is 19.8 Å². The number of hydrogen-bond acceptors (Lipinski definition) is 5. The van der Waals surface area contributed by atoms with E-state index in [0.717, 1.165) is 48.8 Å². The smallest absolute Gasteiger partial charge is 0.266 e. The summed E-state index contributed by atoms with van der Waals surface area (Å²) in [5.41, 5.74) is 2.48. The molecule has 0 unspecified atom stereocenters. The first-order valence-corrected chi connectivity index (χ1v) is 10.8. The summed E-state index contributed by atoms with van der Waals surface area (Å²) in [5, 5.41) is 4.00. The highest BCUT2D eigenvalue weighted by atomic mass is 16.5. The van der Waals surface area contributed by atoms with Crippen LogP contribution in [0, 0.1) is 6.92 Å². The lowest BCUT2D eigenvalue weighted by molar-refractivity contribution is 0.226. The van der Waals surface area contributed by atoms with E-state index in [1.807, 2.05) is 70.2 Å². The van der Waals surface area contributed by atoms with Crippen LogP contribution in [0.4, 0.5) is 0 Å². The van der Waals surface area contributed by atoms with E-state index < -0.39 is 0 Å². The maximum absolute atomic E-state index is 13.5. The number of fused-ring (bicyclic) bond motifs is 1. The Bertz CT molecular complexity index is 1050. The van der Waals surface area contributed by atoms with Gasteiger partial charge in [-0.1, -0.05) is 37.6 Å². The second-order valence-corrected chi connectivity index (χ2v) is 7.12. The summed E-state index contributed by atoms with van der Waals surface area (Å²) < 4.78 is 7.55. The lowest BCUT2D eigenvalue weighted by Crippen LogP contribution is -2.44. The SMILES string of the molecule is CC.CCOc1ccccc1-n1c(CN2CCNCC2)nc2ccc(C)cc2c1=O.[HH]. The Morgan fingerprint density at radius 2 is 1.87 bits per heavy atom. The van der Waals surface area contributed by atoms with Gasteiger partial charge in [-0.05, 0) is 38.1 Å². The summed E-state index contributed by atoms with van der Waals surface area (Å²) >= 11 is 0. The van der Waals surface area contributed by atoms with Crippen LogP contribution >= 0.6 is 0 Å². The Balaban J connectivity index is 0.00000111. The summed E-state index contributed by atoms with van der Waals surface area (Å²) in [6.45, 7) is 12.9. The number of nitrogens with zero attached hydrogens (tertiary/aromatic N) is 3. The van der Waals surface area contributed by atoms with Crippen molar-refractivity contribution in [3.8, 4) is 11.4 Å². The van der Waals surface area contributed by atoms with Crippen molar-refractivity contribution in [3.05, 3.63) is 64.2 Å². The molecule has 1 saturated heterocycles. The minimum absolute atomic E-state index is 0. The van der Waals surface area contributed by atoms with Crippen LogP contribution in [-0.4, -0.2) is 47.2 Å². The minimum atomic E-state index is -0.0500. The van der Waals surface area contributed by atoms with Gasteiger partial charge in [0.15, 0.2) is 0 Å². The van der Waals surface area contributed by atoms with Gasteiger partial charge in [0.2, 0.25) is 0 Å². The average molecular weight is 411 g/mol. The molecule has 1 fully saturated rings. The number of piperazine rings is 1. The van der Waals surface area contributed by atoms with Crippen LogP contribution in [-0.2, 0) is 6.54 Å². The molecule has 0 amide bonds. The zero-order valence-electron chi connectivity index (χ0n) is 18.4. The van der Waals surface area contributed by atoms with Crippen molar-refractivity contribution in [2.45, 2.75) is 34.2 Å². The van der Waals surface area contributed by atoms with E-state index >= 15 is 0 Å². The number of benzene rings is 2. The van der Waals surface area contributed by atoms with Gasteiger partial charge in [-0.3, -0.25) is 14.3 Å². The maximum Gasteiger partial charge on any atom is 0.266 e. The van der Waals surface area contributed by atoms with Gasteiger partial charge in [0.1, 0.15) is 11.6 Å².